The van der Waals surface area contributed by atoms with Gasteiger partial charge in [0, 0.05) is 23.5 Å². The molecule has 2 unspecified atom stereocenters. The Labute approximate surface area is 119 Å². The van der Waals surface area contributed by atoms with Crippen LogP contribution in [0.15, 0.2) is 12.1 Å². The molecule has 0 saturated carbocycles. The second-order valence-electron chi connectivity index (χ2n) is 5.67. The molecule has 2 atom stereocenters. The smallest absolute Gasteiger partial charge is 0.264 e. The number of nitrogens with one attached hydrogen (secondary N) is 1. The fourth-order valence-corrected chi connectivity index (χ4v) is 4.18. The number of carbonyl (C=O) groups excluding carboxylic acids is 1. The molecule has 0 radical (unpaired) electrons. The topological polar surface area (TPSA) is 32.3 Å². The van der Waals surface area contributed by atoms with Gasteiger partial charge in [0.1, 0.15) is 0 Å². The van der Waals surface area contributed by atoms with Gasteiger partial charge in [0.25, 0.3) is 5.91 Å². The Bertz CT molecular complexity index is 451. The molecule has 2 saturated heterocycles. The second-order valence-corrected chi connectivity index (χ2v) is 6.96. The zero-order valence-electron chi connectivity index (χ0n) is 11.5. The summed E-state index contributed by atoms with van der Waals surface area (Å²) < 4.78 is 0. The Morgan fingerprint density at radius 3 is 2.89 bits per heavy atom. The lowest BCUT2D eigenvalue weighted by Gasteiger charge is -2.39. The number of amides is 1. The molecule has 1 aromatic heterocycles. The van der Waals surface area contributed by atoms with E-state index in [0.29, 0.717) is 12.1 Å². The van der Waals surface area contributed by atoms with Crippen LogP contribution in [0, 0.1) is 6.92 Å². The van der Waals surface area contributed by atoms with Gasteiger partial charge in [-0.25, -0.2) is 0 Å². The highest BCUT2D eigenvalue weighted by Gasteiger charge is 2.34. The number of hydrogen-bond donors (Lipinski definition) is 1. The summed E-state index contributed by atoms with van der Waals surface area (Å²) in [4.78, 5) is 16.9. The molecule has 0 bridgehead atoms. The van der Waals surface area contributed by atoms with Gasteiger partial charge in [-0.05, 0) is 57.7 Å². The Morgan fingerprint density at radius 1 is 1.32 bits per heavy atom. The quantitative estimate of drug-likeness (QED) is 0.902. The lowest BCUT2D eigenvalue weighted by Crippen LogP contribution is -2.52. The average molecular weight is 278 g/mol. The fraction of sp³-hybridized carbons (Fsp3) is 0.667. The molecule has 0 aliphatic carbocycles. The maximum atomic E-state index is 12.7. The van der Waals surface area contributed by atoms with Gasteiger partial charge in [0.2, 0.25) is 0 Å². The number of aryl methyl sites for hydroxylation is 1. The third kappa shape index (κ3) is 2.70. The highest BCUT2D eigenvalue weighted by atomic mass is 32.1. The van der Waals surface area contributed by atoms with Gasteiger partial charge in [-0.15, -0.1) is 11.3 Å². The summed E-state index contributed by atoms with van der Waals surface area (Å²) in [5.74, 6) is 0.247. The van der Waals surface area contributed by atoms with Crippen LogP contribution >= 0.6 is 11.3 Å². The molecule has 4 heteroatoms. The highest BCUT2D eigenvalue weighted by Crippen LogP contribution is 2.27. The monoisotopic (exact) mass is 278 g/mol. The third-order valence-corrected chi connectivity index (χ3v) is 5.31. The number of nitrogens with zero attached hydrogens (tertiary/aromatic N) is 1. The molecule has 1 amide bonds. The van der Waals surface area contributed by atoms with E-state index < -0.39 is 0 Å². The number of carbonyl (C=O) groups is 1. The van der Waals surface area contributed by atoms with Gasteiger partial charge >= 0.3 is 0 Å². The molecule has 104 valence electrons. The summed E-state index contributed by atoms with van der Waals surface area (Å²) in [7, 11) is 0. The van der Waals surface area contributed by atoms with Crippen LogP contribution in [0.5, 0.6) is 0 Å². The number of rotatable bonds is 2. The van der Waals surface area contributed by atoms with Crippen molar-refractivity contribution < 1.29 is 4.79 Å². The fourth-order valence-electron chi connectivity index (χ4n) is 3.36. The van der Waals surface area contributed by atoms with Crippen molar-refractivity contribution in [3.63, 3.8) is 0 Å². The Morgan fingerprint density at radius 2 is 2.21 bits per heavy atom. The number of piperidine rings is 1. The minimum absolute atomic E-state index is 0.247. The molecule has 2 fully saturated rings. The van der Waals surface area contributed by atoms with E-state index >= 15 is 0 Å². The zero-order valence-corrected chi connectivity index (χ0v) is 12.3. The molecule has 2 aliphatic heterocycles. The van der Waals surface area contributed by atoms with Crippen LogP contribution in [-0.4, -0.2) is 36.0 Å². The van der Waals surface area contributed by atoms with E-state index in [-0.39, 0.29) is 5.91 Å². The molecule has 2 aliphatic rings. The Balaban J connectivity index is 1.77. The number of thiophene rings is 1. The maximum Gasteiger partial charge on any atom is 0.264 e. The van der Waals surface area contributed by atoms with Crippen molar-refractivity contribution in [1.82, 2.24) is 10.2 Å². The normalized spacial score (nSPS) is 27.7. The predicted molar refractivity (Wildman–Crippen MR) is 78.8 cm³/mol. The van der Waals surface area contributed by atoms with Crippen molar-refractivity contribution in [2.75, 3.05) is 13.1 Å². The largest absolute Gasteiger partial charge is 0.333 e. The van der Waals surface area contributed by atoms with Gasteiger partial charge in [0.05, 0.1) is 4.88 Å². The van der Waals surface area contributed by atoms with Crippen LogP contribution in [0.3, 0.4) is 0 Å². The van der Waals surface area contributed by atoms with E-state index in [9.17, 15) is 4.79 Å². The average Bonchev–Trinajstić information content (AvgIpc) is 3.09. The predicted octanol–water partition coefficient (Wildman–Crippen LogP) is 2.80. The molecule has 3 heterocycles. The summed E-state index contributed by atoms with van der Waals surface area (Å²) in [6.07, 6.45) is 6.04. The molecule has 19 heavy (non-hydrogen) atoms. The van der Waals surface area contributed by atoms with E-state index in [1.807, 2.05) is 12.1 Å². The third-order valence-electron chi connectivity index (χ3n) is 4.32. The van der Waals surface area contributed by atoms with E-state index in [1.54, 1.807) is 11.3 Å². The highest BCUT2D eigenvalue weighted by molar-refractivity contribution is 7.13. The SMILES string of the molecule is Cc1ccc(C(=O)N2CCCCC2C2CCCN2)s1. The molecule has 0 aromatic carbocycles. The zero-order chi connectivity index (χ0) is 13.2. The van der Waals surface area contributed by atoms with Crippen LogP contribution in [0.2, 0.25) is 0 Å². The molecule has 3 nitrogen and oxygen atoms in total. The van der Waals surface area contributed by atoms with Gasteiger partial charge in [-0.3, -0.25) is 4.79 Å². The molecule has 3 rings (SSSR count). The first-order valence-electron chi connectivity index (χ1n) is 7.36. The van der Waals surface area contributed by atoms with Crippen LogP contribution in [0.25, 0.3) is 0 Å². The van der Waals surface area contributed by atoms with Crippen molar-refractivity contribution in [2.45, 2.75) is 51.1 Å². The Hall–Kier alpha value is -0.870. The minimum Gasteiger partial charge on any atom is -0.333 e. The lowest BCUT2D eigenvalue weighted by atomic mass is 9.94. The van der Waals surface area contributed by atoms with Crippen molar-refractivity contribution in [3.05, 3.63) is 21.9 Å². The summed E-state index contributed by atoms with van der Waals surface area (Å²) in [5.41, 5.74) is 0. The van der Waals surface area contributed by atoms with E-state index in [4.69, 9.17) is 0 Å². The van der Waals surface area contributed by atoms with Crippen molar-refractivity contribution in [3.8, 4) is 0 Å². The van der Waals surface area contributed by atoms with Crippen LogP contribution < -0.4 is 5.32 Å². The van der Waals surface area contributed by atoms with Crippen molar-refractivity contribution in [2.24, 2.45) is 0 Å². The minimum atomic E-state index is 0.247. The first-order chi connectivity index (χ1) is 9.25. The van der Waals surface area contributed by atoms with Gasteiger partial charge in [0.15, 0.2) is 0 Å². The molecular weight excluding hydrogens is 256 g/mol. The number of likely N-dealkylation sites (tertiary alicyclic amines) is 1. The molecule has 1 N–H and O–H groups in total. The Kier molecular flexibility index (Phi) is 3.89. The standard InChI is InChI=1S/C15H22N2OS/c1-11-7-8-14(19-11)15(18)17-10-3-2-6-13(17)12-5-4-9-16-12/h7-8,12-13,16H,2-6,9-10H2,1H3. The summed E-state index contributed by atoms with van der Waals surface area (Å²) in [5, 5.41) is 3.58. The van der Waals surface area contributed by atoms with Crippen molar-refractivity contribution in [1.29, 1.82) is 0 Å². The second kappa shape index (κ2) is 5.63. The first kappa shape index (κ1) is 13.1. The van der Waals surface area contributed by atoms with Gasteiger partial charge in [-0.2, -0.15) is 0 Å². The summed E-state index contributed by atoms with van der Waals surface area (Å²) in [6.45, 7) is 4.10. The molecular formula is C15H22N2OS. The first-order valence-corrected chi connectivity index (χ1v) is 8.18. The molecule has 0 spiro atoms. The van der Waals surface area contributed by atoms with Crippen LogP contribution in [0.1, 0.15) is 46.7 Å². The summed E-state index contributed by atoms with van der Waals surface area (Å²) >= 11 is 1.62. The van der Waals surface area contributed by atoms with Gasteiger partial charge in [-0.1, -0.05) is 0 Å². The number of hydrogen-bond acceptors (Lipinski definition) is 3. The van der Waals surface area contributed by atoms with Gasteiger partial charge < -0.3 is 10.2 Å². The van der Waals surface area contributed by atoms with E-state index in [1.165, 1.54) is 24.1 Å². The lowest BCUT2D eigenvalue weighted by molar-refractivity contribution is 0.0568. The van der Waals surface area contributed by atoms with Crippen molar-refractivity contribution >= 4 is 17.2 Å². The molecule has 1 aromatic rings. The maximum absolute atomic E-state index is 12.7. The van der Waals surface area contributed by atoms with E-state index in [0.717, 1.165) is 30.8 Å². The van der Waals surface area contributed by atoms with Crippen LogP contribution in [-0.2, 0) is 0 Å². The summed E-state index contributed by atoms with van der Waals surface area (Å²) in [6, 6.07) is 4.96. The van der Waals surface area contributed by atoms with E-state index in [2.05, 4.69) is 17.1 Å². The van der Waals surface area contributed by atoms with Crippen LogP contribution in [0.4, 0.5) is 0 Å².